The van der Waals surface area contributed by atoms with Gasteiger partial charge < -0.3 is 4.74 Å². The molecule has 0 aliphatic rings. The van der Waals surface area contributed by atoms with Gasteiger partial charge in [0.05, 0.1) is 18.5 Å². The maximum Gasteiger partial charge on any atom is 0.119 e. The minimum absolute atomic E-state index is 0.719. The zero-order chi connectivity index (χ0) is 18.9. The van der Waals surface area contributed by atoms with Crippen LogP contribution in [0.3, 0.4) is 0 Å². The normalized spacial score (nSPS) is 10.9. The Morgan fingerprint density at radius 1 is 0.889 bits per heavy atom. The van der Waals surface area contributed by atoms with Gasteiger partial charge in [0.15, 0.2) is 0 Å². The molecule has 1 N–H and O–H groups in total. The van der Waals surface area contributed by atoms with Crippen molar-refractivity contribution in [2.24, 2.45) is 5.10 Å². The van der Waals surface area contributed by atoms with Crippen LogP contribution in [0.15, 0.2) is 77.9 Å². The Kier molecular flexibility index (Phi) is 6.64. The summed E-state index contributed by atoms with van der Waals surface area (Å²) >= 11 is 0. The van der Waals surface area contributed by atoms with Crippen LogP contribution in [0.1, 0.15) is 28.7 Å². The molecule has 0 unspecified atom stereocenters. The molecule has 0 saturated carbocycles. The van der Waals surface area contributed by atoms with Gasteiger partial charge in [0.2, 0.25) is 0 Å². The SMILES string of the molecule is Cc1ccc(N/N=C/c2ccc(OCCCc3ccccc3)cc2)cc1C. The van der Waals surface area contributed by atoms with Crippen molar-refractivity contribution in [2.75, 3.05) is 12.0 Å². The molecule has 3 nitrogen and oxygen atoms in total. The molecule has 0 fully saturated rings. The van der Waals surface area contributed by atoms with E-state index < -0.39 is 0 Å². The van der Waals surface area contributed by atoms with E-state index in [4.69, 9.17) is 4.74 Å². The number of hydrogen-bond acceptors (Lipinski definition) is 3. The van der Waals surface area contributed by atoms with Gasteiger partial charge in [-0.1, -0.05) is 36.4 Å². The molecule has 27 heavy (non-hydrogen) atoms. The summed E-state index contributed by atoms with van der Waals surface area (Å²) in [6, 6.07) is 24.7. The lowest BCUT2D eigenvalue weighted by atomic mass is 10.1. The Morgan fingerprint density at radius 3 is 2.41 bits per heavy atom. The average molecular weight is 358 g/mol. The Labute approximate surface area is 161 Å². The Morgan fingerprint density at radius 2 is 1.67 bits per heavy atom. The molecule has 3 rings (SSSR count). The largest absolute Gasteiger partial charge is 0.494 e. The number of anilines is 1. The van der Waals surface area contributed by atoms with Crippen molar-refractivity contribution < 1.29 is 4.74 Å². The standard InChI is InChI=1S/C24H26N2O/c1-19-10-13-23(17-20(19)2)26-25-18-22-11-14-24(15-12-22)27-16-6-9-21-7-4-3-5-8-21/h3-5,7-8,10-15,17-18,26H,6,9,16H2,1-2H3/b25-18+. The number of benzene rings is 3. The van der Waals surface area contributed by atoms with Crippen LogP contribution in [0.5, 0.6) is 5.75 Å². The molecule has 0 saturated heterocycles. The second-order valence-electron chi connectivity index (χ2n) is 6.68. The number of hydrazone groups is 1. The van der Waals surface area contributed by atoms with Crippen LogP contribution in [0.2, 0.25) is 0 Å². The second kappa shape index (κ2) is 9.58. The lowest BCUT2D eigenvalue weighted by Crippen LogP contribution is -1.99. The van der Waals surface area contributed by atoms with E-state index in [0.717, 1.165) is 36.4 Å². The Balaban J connectivity index is 1.43. The Hall–Kier alpha value is -3.07. The van der Waals surface area contributed by atoms with Gasteiger partial charge in [0.1, 0.15) is 5.75 Å². The number of nitrogens with zero attached hydrogens (tertiary/aromatic N) is 1. The molecule has 0 heterocycles. The van der Waals surface area contributed by atoms with E-state index in [1.165, 1.54) is 16.7 Å². The quantitative estimate of drug-likeness (QED) is 0.315. The van der Waals surface area contributed by atoms with E-state index in [2.05, 4.69) is 60.8 Å². The number of rotatable bonds is 8. The zero-order valence-corrected chi connectivity index (χ0v) is 16.0. The third-order valence-corrected chi connectivity index (χ3v) is 4.52. The summed E-state index contributed by atoms with van der Waals surface area (Å²) in [5.41, 5.74) is 8.98. The molecule has 3 heteroatoms. The summed E-state index contributed by atoms with van der Waals surface area (Å²) in [5.74, 6) is 0.891. The molecule has 0 amide bonds. The van der Waals surface area contributed by atoms with Crippen molar-refractivity contribution in [3.63, 3.8) is 0 Å². The smallest absolute Gasteiger partial charge is 0.119 e. The van der Waals surface area contributed by atoms with Crippen molar-refractivity contribution in [2.45, 2.75) is 26.7 Å². The molecule has 0 aromatic heterocycles. The summed E-state index contributed by atoms with van der Waals surface area (Å²) in [5, 5.41) is 4.31. The number of ether oxygens (including phenoxy) is 1. The zero-order valence-electron chi connectivity index (χ0n) is 16.0. The van der Waals surface area contributed by atoms with E-state index in [1.54, 1.807) is 0 Å². The predicted octanol–water partition coefficient (Wildman–Crippen LogP) is 5.76. The number of hydrogen-bond donors (Lipinski definition) is 1. The van der Waals surface area contributed by atoms with Crippen LogP contribution >= 0.6 is 0 Å². The van der Waals surface area contributed by atoms with E-state index in [-0.39, 0.29) is 0 Å². The van der Waals surface area contributed by atoms with Gasteiger partial charge in [-0.05, 0) is 85.3 Å². The molecular formula is C24H26N2O. The van der Waals surface area contributed by atoms with Gasteiger partial charge in [-0.15, -0.1) is 0 Å². The van der Waals surface area contributed by atoms with Crippen molar-refractivity contribution in [1.82, 2.24) is 0 Å². The van der Waals surface area contributed by atoms with Crippen LogP contribution in [0, 0.1) is 13.8 Å². The molecule has 0 spiro atoms. The van der Waals surface area contributed by atoms with E-state index in [9.17, 15) is 0 Å². The lowest BCUT2D eigenvalue weighted by Gasteiger charge is -2.07. The summed E-state index contributed by atoms with van der Waals surface area (Å²) in [6.45, 7) is 4.92. The fourth-order valence-electron chi connectivity index (χ4n) is 2.75. The van der Waals surface area contributed by atoms with Crippen LogP contribution in [-0.4, -0.2) is 12.8 Å². The summed E-state index contributed by atoms with van der Waals surface area (Å²) < 4.78 is 5.82. The van der Waals surface area contributed by atoms with Crippen LogP contribution in [0.25, 0.3) is 0 Å². The summed E-state index contributed by atoms with van der Waals surface area (Å²) in [4.78, 5) is 0. The van der Waals surface area contributed by atoms with Crippen LogP contribution in [-0.2, 0) is 6.42 Å². The van der Waals surface area contributed by atoms with Crippen molar-refractivity contribution in [3.05, 3.63) is 95.1 Å². The number of nitrogens with one attached hydrogen (secondary N) is 1. The molecule has 0 bridgehead atoms. The molecule has 0 atom stereocenters. The highest BCUT2D eigenvalue weighted by molar-refractivity contribution is 5.80. The van der Waals surface area contributed by atoms with Gasteiger partial charge >= 0.3 is 0 Å². The summed E-state index contributed by atoms with van der Waals surface area (Å²) in [7, 11) is 0. The van der Waals surface area contributed by atoms with Gasteiger partial charge in [0.25, 0.3) is 0 Å². The Bertz CT molecular complexity index is 871. The minimum Gasteiger partial charge on any atom is -0.494 e. The van der Waals surface area contributed by atoms with E-state index in [0.29, 0.717) is 0 Å². The molecule has 138 valence electrons. The third kappa shape index (κ3) is 6.00. The first-order chi connectivity index (χ1) is 13.2. The van der Waals surface area contributed by atoms with Crippen LogP contribution in [0.4, 0.5) is 5.69 Å². The van der Waals surface area contributed by atoms with Gasteiger partial charge in [-0.2, -0.15) is 5.10 Å². The maximum absolute atomic E-state index is 5.82. The highest BCUT2D eigenvalue weighted by atomic mass is 16.5. The average Bonchev–Trinajstić information content (AvgIpc) is 2.70. The predicted molar refractivity (Wildman–Crippen MR) is 114 cm³/mol. The fraction of sp³-hybridized carbons (Fsp3) is 0.208. The maximum atomic E-state index is 5.82. The van der Waals surface area contributed by atoms with E-state index >= 15 is 0 Å². The molecule has 3 aromatic rings. The highest BCUT2D eigenvalue weighted by Crippen LogP contribution is 2.15. The van der Waals surface area contributed by atoms with Gasteiger partial charge in [0, 0.05) is 0 Å². The topological polar surface area (TPSA) is 33.6 Å². The lowest BCUT2D eigenvalue weighted by molar-refractivity contribution is 0.311. The van der Waals surface area contributed by atoms with E-state index in [1.807, 2.05) is 42.6 Å². The van der Waals surface area contributed by atoms with Crippen molar-refractivity contribution in [1.29, 1.82) is 0 Å². The first-order valence-electron chi connectivity index (χ1n) is 9.34. The van der Waals surface area contributed by atoms with Crippen molar-refractivity contribution >= 4 is 11.9 Å². The minimum atomic E-state index is 0.719. The monoisotopic (exact) mass is 358 g/mol. The third-order valence-electron chi connectivity index (χ3n) is 4.52. The molecular weight excluding hydrogens is 332 g/mol. The number of aryl methyl sites for hydroxylation is 3. The molecule has 0 aliphatic heterocycles. The fourth-order valence-corrected chi connectivity index (χ4v) is 2.75. The van der Waals surface area contributed by atoms with Crippen molar-refractivity contribution in [3.8, 4) is 5.75 Å². The van der Waals surface area contributed by atoms with Gasteiger partial charge in [-0.3, -0.25) is 5.43 Å². The van der Waals surface area contributed by atoms with Crippen LogP contribution < -0.4 is 10.2 Å². The first-order valence-corrected chi connectivity index (χ1v) is 9.34. The molecule has 0 radical (unpaired) electrons. The molecule has 0 aliphatic carbocycles. The van der Waals surface area contributed by atoms with Gasteiger partial charge in [-0.25, -0.2) is 0 Å². The second-order valence-corrected chi connectivity index (χ2v) is 6.68. The first kappa shape index (κ1) is 18.7. The highest BCUT2D eigenvalue weighted by Gasteiger charge is 1.97. The molecule has 3 aromatic carbocycles. The summed E-state index contributed by atoms with van der Waals surface area (Å²) in [6.07, 6.45) is 3.86.